The van der Waals surface area contributed by atoms with Crippen LogP contribution >= 0.6 is 0 Å². The van der Waals surface area contributed by atoms with Gasteiger partial charge in [0, 0.05) is 62.9 Å². The number of benzene rings is 2. The van der Waals surface area contributed by atoms with Gasteiger partial charge in [0.2, 0.25) is 11.7 Å². The number of aryl methyl sites for hydroxylation is 1. The Hall–Kier alpha value is -4.57. The lowest BCUT2D eigenvalue weighted by Crippen LogP contribution is -2.46. The third-order valence-electron chi connectivity index (χ3n) is 7.51. The highest BCUT2D eigenvalue weighted by molar-refractivity contribution is 6.00. The molecular formula is C30H32N8O2. The van der Waals surface area contributed by atoms with Gasteiger partial charge in [0.15, 0.2) is 0 Å². The van der Waals surface area contributed by atoms with E-state index in [1.807, 2.05) is 42.7 Å². The van der Waals surface area contributed by atoms with Crippen molar-refractivity contribution < 1.29 is 9.59 Å². The zero-order valence-electron chi connectivity index (χ0n) is 22.2. The largest absolute Gasteiger partial charge is 0.369 e. The normalized spacial score (nSPS) is 17.6. The molecule has 2 aromatic heterocycles. The van der Waals surface area contributed by atoms with Gasteiger partial charge in [-0.2, -0.15) is 0 Å². The Morgan fingerprint density at radius 3 is 2.58 bits per heavy atom. The van der Waals surface area contributed by atoms with E-state index in [4.69, 9.17) is 0 Å². The average molecular weight is 537 g/mol. The van der Waals surface area contributed by atoms with Crippen LogP contribution in [0.3, 0.4) is 0 Å². The van der Waals surface area contributed by atoms with E-state index in [1.54, 1.807) is 0 Å². The van der Waals surface area contributed by atoms with Gasteiger partial charge < -0.3 is 15.5 Å². The molecule has 1 saturated heterocycles. The highest BCUT2D eigenvalue weighted by Crippen LogP contribution is 2.25. The van der Waals surface area contributed by atoms with E-state index in [0.29, 0.717) is 25.1 Å². The average Bonchev–Trinajstić information content (AvgIpc) is 3.40. The first-order valence-electron chi connectivity index (χ1n) is 13.7. The predicted octanol–water partition coefficient (Wildman–Crippen LogP) is 2.80. The first-order chi connectivity index (χ1) is 19.6. The standard InChI is InChI=1S/C30H32N8O2/c39-29-25(32-30(40)28-34-27(35-36-28)19-21-4-2-1-3-5-21)9-8-23-7-6-22(18-26(23)33-29)20-37-14-16-38(17-15-37)24-10-12-31-13-11-24/h1-7,10-13,18,25H,8-9,14-17,19-20H2,(H,32,40)(H,33,39)(H,34,35,36). The Kier molecular flexibility index (Phi) is 7.49. The van der Waals surface area contributed by atoms with Crippen LogP contribution < -0.4 is 15.5 Å². The quantitative estimate of drug-likeness (QED) is 0.332. The number of carbonyl (C=O) groups is 2. The van der Waals surface area contributed by atoms with Crippen LogP contribution in [0.1, 0.15) is 39.6 Å². The maximum absolute atomic E-state index is 13.1. The molecule has 1 fully saturated rings. The summed E-state index contributed by atoms with van der Waals surface area (Å²) in [4.78, 5) is 39.2. The number of anilines is 2. The number of rotatable bonds is 7. The minimum atomic E-state index is -0.666. The van der Waals surface area contributed by atoms with Crippen molar-refractivity contribution in [1.29, 1.82) is 0 Å². The summed E-state index contributed by atoms with van der Waals surface area (Å²) in [6.45, 7) is 4.68. The number of amides is 2. The molecular weight excluding hydrogens is 504 g/mol. The molecule has 0 aliphatic carbocycles. The number of aromatic amines is 1. The van der Waals surface area contributed by atoms with Crippen molar-refractivity contribution in [2.75, 3.05) is 36.4 Å². The minimum Gasteiger partial charge on any atom is -0.369 e. The van der Waals surface area contributed by atoms with Gasteiger partial charge in [-0.1, -0.05) is 42.5 Å². The highest BCUT2D eigenvalue weighted by atomic mass is 16.2. The first-order valence-corrected chi connectivity index (χ1v) is 13.7. The molecule has 0 spiro atoms. The number of nitrogens with one attached hydrogen (secondary N) is 3. The smallest absolute Gasteiger partial charge is 0.291 e. The number of pyridine rings is 1. The van der Waals surface area contributed by atoms with E-state index in [2.05, 4.69) is 70.9 Å². The van der Waals surface area contributed by atoms with Crippen molar-refractivity contribution in [3.8, 4) is 0 Å². The fourth-order valence-electron chi connectivity index (χ4n) is 5.31. The Morgan fingerprint density at radius 2 is 1.77 bits per heavy atom. The van der Waals surface area contributed by atoms with Crippen LogP contribution in [-0.4, -0.2) is 69.1 Å². The van der Waals surface area contributed by atoms with Crippen molar-refractivity contribution in [3.05, 3.63) is 101 Å². The molecule has 0 saturated carbocycles. The van der Waals surface area contributed by atoms with Gasteiger partial charge in [0.05, 0.1) is 0 Å². The van der Waals surface area contributed by atoms with Gasteiger partial charge in [-0.25, -0.2) is 4.98 Å². The van der Waals surface area contributed by atoms with Gasteiger partial charge in [-0.15, -0.1) is 5.10 Å². The Morgan fingerprint density at radius 1 is 0.975 bits per heavy atom. The zero-order valence-corrected chi connectivity index (χ0v) is 22.2. The molecule has 204 valence electrons. The molecule has 10 nitrogen and oxygen atoms in total. The van der Waals surface area contributed by atoms with Gasteiger partial charge >= 0.3 is 0 Å². The summed E-state index contributed by atoms with van der Waals surface area (Å²) in [5.74, 6) is -0.0595. The maximum atomic E-state index is 13.1. The number of H-pyrrole nitrogens is 1. The van der Waals surface area contributed by atoms with Gasteiger partial charge in [0.25, 0.3) is 5.91 Å². The molecule has 1 atom stereocenters. The van der Waals surface area contributed by atoms with Crippen LogP contribution in [0.2, 0.25) is 0 Å². The van der Waals surface area contributed by atoms with Crippen molar-refractivity contribution in [1.82, 2.24) is 30.4 Å². The van der Waals surface area contributed by atoms with Crippen molar-refractivity contribution in [2.45, 2.75) is 31.8 Å². The van der Waals surface area contributed by atoms with Crippen LogP contribution in [0.15, 0.2) is 73.1 Å². The van der Waals surface area contributed by atoms with Crippen molar-refractivity contribution in [3.63, 3.8) is 0 Å². The van der Waals surface area contributed by atoms with Crippen LogP contribution in [0.25, 0.3) is 0 Å². The topological polar surface area (TPSA) is 119 Å². The fourth-order valence-corrected chi connectivity index (χ4v) is 5.31. The summed E-state index contributed by atoms with van der Waals surface area (Å²) in [5, 5.41) is 12.8. The van der Waals surface area contributed by atoms with E-state index >= 15 is 0 Å². The van der Waals surface area contributed by atoms with Crippen LogP contribution in [0.4, 0.5) is 11.4 Å². The lowest BCUT2D eigenvalue weighted by Gasteiger charge is -2.36. The van der Waals surface area contributed by atoms with Crippen LogP contribution in [-0.2, 0) is 24.2 Å². The first kappa shape index (κ1) is 25.7. The Balaban J connectivity index is 1.03. The molecule has 0 bridgehead atoms. The second kappa shape index (κ2) is 11.7. The Labute approximate surface area is 232 Å². The molecule has 0 radical (unpaired) electrons. The molecule has 4 aromatic rings. The second-order valence-electron chi connectivity index (χ2n) is 10.3. The number of aromatic nitrogens is 4. The number of carbonyl (C=O) groups excluding carboxylic acids is 2. The van der Waals surface area contributed by atoms with Gasteiger partial charge in [0.1, 0.15) is 11.9 Å². The summed E-state index contributed by atoms with van der Waals surface area (Å²) in [6, 6.07) is 19.6. The summed E-state index contributed by atoms with van der Waals surface area (Å²) in [5.41, 5.74) is 5.32. The SMILES string of the molecule is O=C(NC1CCc2ccc(CN3CCN(c4ccncc4)CC3)cc2NC1=O)c1n[nH]c(Cc2ccccc2)n1. The molecule has 6 rings (SSSR count). The minimum absolute atomic E-state index is 0.0341. The van der Waals surface area contributed by atoms with E-state index < -0.39 is 11.9 Å². The molecule has 2 aromatic carbocycles. The molecule has 2 aliphatic rings. The summed E-state index contributed by atoms with van der Waals surface area (Å²) >= 11 is 0. The van der Waals surface area contributed by atoms with E-state index in [0.717, 1.165) is 55.1 Å². The third-order valence-corrected chi connectivity index (χ3v) is 7.51. The molecule has 2 aliphatic heterocycles. The van der Waals surface area contributed by atoms with E-state index in [1.165, 1.54) is 5.69 Å². The van der Waals surface area contributed by atoms with Crippen LogP contribution in [0.5, 0.6) is 0 Å². The van der Waals surface area contributed by atoms with Gasteiger partial charge in [-0.05, 0) is 47.7 Å². The second-order valence-corrected chi connectivity index (χ2v) is 10.3. The fraction of sp³-hybridized carbons (Fsp3) is 0.300. The summed E-state index contributed by atoms with van der Waals surface area (Å²) < 4.78 is 0. The van der Waals surface area contributed by atoms with Gasteiger partial charge in [-0.3, -0.25) is 24.6 Å². The molecule has 2 amide bonds. The summed E-state index contributed by atoms with van der Waals surface area (Å²) in [7, 11) is 0. The molecule has 10 heteroatoms. The zero-order chi connectivity index (χ0) is 27.3. The van der Waals surface area contributed by atoms with E-state index in [9.17, 15) is 9.59 Å². The number of hydrogen-bond donors (Lipinski definition) is 3. The third kappa shape index (κ3) is 6.02. The molecule has 3 N–H and O–H groups in total. The number of nitrogens with zero attached hydrogens (tertiary/aromatic N) is 5. The van der Waals surface area contributed by atoms with E-state index in [-0.39, 0.29) is 11.7 Å². The molecule has 1 unspecified atom stereocenters. The highest BCUT2D eigenvalue weighted by Gasteiger charge is 2.27. The van der Waals surface area contributed by atoms with Crippen molar-refractivity contribution >= 4 is 23.2 Å². The maximum Gasteiger partial charge on any atom is 0.291 e. The lowest BCUT2D eigenvalue weighted by molar-refractivity contribution is -0.118. The predicted molar refractivity (Wildman–Crippen MR) is 152 cm³/mol. The van der Waals surface area contributed by atoms with Crippen LogP contribution in [0, 0.1) is 0 Å². The molecule has 40 heavy (non-hydrogen) atoms. The molecule has 4 heterocycles. The summed E-state index contributed by atoms with van der Waals surface area (Å²) in [6.07, 6.45) is 5.39. The van der Waals surface area contributed by atoms with Crippen molar-refractivity contribution in [2.24, 2.45) is 0 Å². The lowest BCUT2D eigenvalue weighted by atomic mass is 10.0. The number of hydrogen-bond acceptors (Lipinski definition) is 7. The number of fused-ring (bicyclic) bond motifs is 1. The number of piperazine rings is 1. The Bertz CT molecular complexity index is 1470. The monoisotopic (exact) mass is 536 g/mol.